The molecule has 0 unspecified atom stereocenters. The van der Waals surface area contributed by atoms with Crippen molar-refractivity contribution in [1.82, 2.24) is 15.0 Å². The molecule has 2 aromatic heterocycles. The molecule has 0 aliphatic carbocycles. The number of benzene rings is 5. The van der Waals surface area contributed by atoms with Gasteiger partial charge in [-0.05, 0) is 69.1 Å². The fourth-order valence-electron chi connectivity index (χ4n) is 6.41. The SMILES string of the molecule is CC(C)(C)c1cc(-c2cnc(-c3ccccc3)c(-c3[c-]c(N(c4cccc(-c5ccccc5)c4)c4ccccn4)ccc3)n2)c(O)c(C(C)(C)C)c1.[Pt]. The van der Waals surface area contributed by atoms with Gasteiger partial charge >= 0.3 is 0 Å². The molecule has 5 nitrogen and oxygen atoms in total. The first-order chi connectivity index (χ1) is 25.0. The minimum absolute atomic E-state index is 0. The third-order valence-corrected chi connectivity index (χ3v) is 9.25. The molecule has 5 aromatic carbocycles. The van der Waals surface area contributed by atoms with Gasteiger partial charge < -0.3 is 10.0 Å². The van der Waals surface area contributed by atoms with Gasteiger partial charge in [0.05, 0.1) is 17.6 Å². The molecule has 7 rings (SSSR count). The van der Waals surface area contributed by atoms with Gasteiger partial charge in [-0.2, -0.15) is 0 Å². The molecule has 0 saturated heterocycles. The molecule has 7 aromatic rings. The summed E-state index contributed by atoms with van der Waals surface area (Å²) in [6.07, 6.45) is 3.58. The Morgan fingerprint density at radius 2 is 1.26 bits per heavy atom. The Kier molecular flexibility index (Phi) is 10.8. The third-order valence-electron chi connectivity index (χ3n) is 9.25. The zero-order valence-corrected chi connectivity index (χ0v) is 33.2. The maximum atomic E-state index is 11.8. The van der Waals surface area contributed by atoms with Gasteiger partial charge in [0.2, 0.25) is 0 Å². The summed E-state index contributed by atoms with van der Waals surface area (Å²) in [6.45, 7) is 12.9. The number of nitrogens with zero attached hydrogens (tertiary/aromatic N) is 4. The van der Waals surface area contributed by atoms with Crippen LogP contribution in [-0.2, 0) is 31.9 Å². The molecule has 53 heavy (non-hydrogen) atoms. The number of phenols is 1. The minimum atomic E-state index is -0.283. The van der Waals surface area contributed by atoms with Crippen molar-refractivity contribution in [3.63, 3.8) is 0 Å². The van der Waals surface area contributed by atoms with Crippen LogP contribution in [0.4, 0.5) is 17.2 Å². The van der Waals surface area contributed by atoms with Crippen LogP contribution in [0.5, 0.6) is 5.75 Å². The Hall–Kier alpha value is -5.38. The van der Waals surface area contributed by atoms with Crippen LogP contribution in [-0.4, -0.2) is 20.1 Å². The third kappa shape index (κ3) is 8.01. The quantitative estimate of drug-likeness (QED) is 0.162. The summed E-state index contributed by atoms with van der Waals surface area (Å²) in [7, 11) is 0. The van der Waals surface area contributed by atoms with Crippen LogP contribution < -0.4 is 4.90 Å². The Balaban J connectivity index is 0.00000481. The molecule has 0 aliphatic heterocycles. The van der Waals surface area contributed by atoms with Crippen molar-refractivity contribution in [3.05, 3.63) is 163 Å². The van der Waals surface area contributed by atoms with Crippen LogP contribution in [0.15, 0.2) is 146 Å². The van der Waals surface area contributed by atoms with E-state index < -0.39 is 0 Å². The second-order valence-corrected chi connectivity index (χ2v) is 15.1. The van der Waals surface area contributed by atoms with E-state index in [2.05, 4.69) is 113 Å². The topological polar surface area (TPSA) is 62.1 Å². The molecule has 0 bridgehead atoms. The van der Waals surface area contributed by atoms with E-state index in [-0.39, 0.29) is 37.6 Å². The van der Waals surface area contributed by atoms with Crippen LogP contribution in [0.25, 0.3) is 44.9 Å². The van der Waals surface area contributed by atoms with Crippen molar-refractivity contribution in [1.29, 1.82) is 0 Å². The van der Waals surface area contributed by atoms with E-state index in [0.29, 0.717) is 17.0 Å². The van der Waals surface area contributed by atoms with E-state index in [1.807, 2.05) is 72.8 Å². The normalized spacial score (nSPS) is 11.5. The van der Waals surface area contributed by atoms with E-state index in [1.54, 1.807) is 12.4 Å². The first-order valence-corrected chi connectivity index (χ1v) is 17.7. The van der Waals surface area contributed by atoms with Gasteiger partial charge in [-0.15, -0.1) is 29.8 Å². The van der Waals surface area contributed by atoms with Crippen molar-refractivity contribution in [2.24, 2.45) is 0 Å². The average molecular weight is 875 g/mol. The van der Waals surface area contributed by atoms with E-state index in [9.17, 15) is 5.11 Å². The smallest absolute Gasteiger partial charge is 0.136 e. The minimum Gasteiger partial charge on any atom is -0.507 e. The number of aromatic hydroxyl groups is 1. The van der Waals surface area contributed by atoms with Gasteiger partial charge in [-0.1, -0.05) is 126 Å². The van der Waals surface area contributed by atoms with Gasteiger partial charge in [0.1, 0.15) is 11.6 Å². The summed E-state index contributed by atoms with van der Waals surface area (Å²) in [4.78, 5) is 17.2. The molecule has 0 amide bonds. The van der Waals surface area contributed by atoms with E-state index in [4.69, 9.17) is 15.0 Å². The number of rotatable bonds is 7. The molecule has 6 heteroatoms. The molecule has 0 atom stereocenters. The number of phenolic OH excluding ortho intramolecular Hbond substituents is 1. The number of hydrogen-bond acceptors (Lipinski definition) is 5. The van der Waals surface area contributed by atoms with Crippen LogP contribution in [0, 0.1) is 6.07 Å². The number of hydrogen-bond donors (Lipinski definition) is 1. The number of pyridine rings is 1. The summed E-state index contributed by atoms with van der Waals surface area (Å²) in [5, 5.41) is 11.8. The van der Waals surface area contributed by atoms with Gasteiger partial charge in [0.25, 0.3) is 0 Å². The fraction of sp³-hybridized carbons (Fsp3) is 0.170. The zero-order chi connectivity index (χ0) is 36.5. The Morgan fingerprint density at radius 3 is 1.92 bits per heavy atom. The Bertz CT molecular complexity index is 2330. The van der Waals surface area contributed by atoms with Crippen molar-refractivity contribution in [2.45, 2.75) is 52.4 Å². The molecule has 0 fully saturated rings. The van der Waals surface area contributed by atoms with Crippen LogP contribution in [0.2, 0.25) is 0 Å². The maximum absolute atomic E-state index is 11.8. The standard InChI is InChI=1S/C47H43N4O.Pt/c1-46(2,3)36-29-39(45(52)40(30-36)47(4,5)6)41-31-49-43(33-19-11-8-12-20-33)44(50-41)35-22-16-24-38(28-35)51(42-25-13-14-26-48-42)37-23-15-21-34(27-37)32-17-9-7-10-18-32;/h7-27,29-31,52H,1-6H3;/q-1;. The Labute approximate surface area is 327 Å². The molecule has 2 heterocycles. The second-order valence-electron chi connectivity index (χ2n) is 15.1. The van der Waals surface area contributed by atoms with Crippen molar-refractivity contribution in [3.8, 4) is 50.6 Å². The van der Waals surface area contributed by atoms with Crippen molar-refractivity contribution in [2.75, 3.05) is 4.90 Å². The number of aromatic nitrogens is 3. The van der Waals surface area contributed by atoms with Gasteiger partial charge in [0.15, 0.2) is 0 Å². The molecule has 0 spiro atoms. The largest absolute Gasteiger partial charge is 0.507 e. The summed E-state index contributed by atoms with van der Waals surface area (Å²) in [5.74, 6) is 0.994. The van der Waals surface area contributed by atoms with Crippen molar-refractivity contribution >= 4 is 17.2 Å². The zero-order valence-electron chi connectivity index (χ0n) is 30.9. The van der Waals surface area contributed by atoms with E-state index >= 15 is 0 Å². The van der Waals surface area contributed by atoms with Crippen LogP contribution in [0.3, 0.4) is 0 Å². The molecule has 0 radical (unpaired) electrons. The summed E-state index contributed by atoms with van der Waals surface area (Å²) in [6, 6.07) is 48.8. The molecule has 0 aliphatic rings. The van der Waals surface area contributed by atoms with Gasteiger partial charge in [0, 0.05) is 49.8 Å². The average Bonchev–Trinajstić information content (AvgIpc) is 3.15. The number of anilines is 3. The summed E-state index contributed by atoms with van der Waals surface area (Å²) >= 11 is 0. The Morgan fingerprint density at radius 1 is 0.604 bits per heavy atom. The van der Waals surface area contributed by atoms with Gasteiger partial charge in [-0.3, -0.25) is 9.97 Å². The molecule has 268 valence electrons. The molecule has 1 N–H and O–H groups in total. The van der Waals surface area contributed by atoms with E-state index in [0.717, 1.165) is 56.3 Å². The first kappa shape index (κ1) is 37.4. The molecular formula is C47H43N4OPt-. The summed E-state index contributed by atoms with van der Waals surface area (Å²) < 4.78 is 0. The van der Waals surface area contributed by atoms with Crippen molar-refractivity contribution < 1.29 is 26.2 Å². The fourth-order valence-corrected chi connectivity index (χ4v) is 6.41. The van der Waals surface area contributed by atoms with Crippen LogP contribution >= 0.6 is 0 Å². The predicted octanol–water partition coefficient (Wildman–Crippen LogP) is 12.1. The summed E-state index contributed by atoms with van der Waals surface area (Å²) in [5.41, 5.74) is 9.95. The predicted molar refractivity (Wildman–Crippen MR) is 214 cm³/mol. The van der Waals surface area contributed by atoms with Crippen LogP contribution in [0.1, 0.15) is 52.7 Å². The first-order valence-electron chi connectivity index (χ1n) is 17.7. The van der Waals surface area contributed by atoms with Gasteiger partial charge in [-0.25, -0.2) is 4.98 Å². The van der Waals surface area contributed by atoms with E-state index in [1.165, 1.54) is 0 Å². The maximum Gasteiger partial charge on any atom is 0.136 e. The second kappa shape index (κ2) is 15.3. The molecular weight excluding hydrogens is 832 g/mol. The molecule has 0 saturated carbocycles. The monoisotopic (exact) mass is 874 g/mol.